The van der Waals surface area contributed by atoms with Crippen molar-refractivity contribution < 1.29 is 19.4 Å². The molecule has 1 aliphatic carbocycles. The summed E-state index contributed by atoms with van der Waals surface area (Å²) in [5.41, 5.74) is 3.11. The smallest absolute Gasteiger partial charge is 0.362 e. The summed E-state index contributed by atoms with van der Waals surface area (Å²) in [7, 11) is 1.61. The summed E-state index contributed by atoms with van der Waals surface area (Å²) < 4.78 is 12.9. The molecule has 0 bridgehead atoms. The second kappa shape index (κ2) is 9.51. The molecule has 8 nitrogen and oxygen atoms in total. The van der Waals surface area contributed by atoms with Crippen molar-refractivity contribution in [1.82, 2.24) is 20.0 Å². The average Bonchev–Trinajstić information content (AvgIpc) is 3.27. The first-order chi connectivity index (χ1) is 16.6. The molecule has 1 saturated carbocycles. The van der Waals surface area contributed by atoms with E-state index in [9.17, 15) is 9.90 Å². The van der Waals surface area contributed by atoms with Gasteiger partial charge in [0, 0.05) is 11.6 Å². The highest BCUT2D eigenvalue weighted by Crippen LogP contribution is 2.36. The SMILES string of the molecule is COc1ccc(Cn2nnc(C(=O)O)c2OC2CCC(c3ccc4ncccc4c3)CC2)cc1. The molecule has 5 rings (SSSR count). The summed E-state index contributed by atoms with van der Waals surface area (Å²) in [6, 6.07) is 18.1. The van der Waals surface area contributed by atoms with Crippen LogP contribution < -0.4 is 9.47 Å². The molecule has 34 heavy (non-hydrogen) atoms. The van der Waals surface area contributed by atoms with Crippen molar-refractivity contribution in [2.75, 3.05) is 7.11 Å². The number of rotatable bonds is 7. The molecule has 174 valence electrons. The van der Waals surface area contributed by atoms with Crippen LogP contribution in [0.15, 0.2) is 60.8 Å². The number of carboxylic acid groups (broad SMARTS) is 1. The Morgan fingerprint density at radius 2 is 1.88 bits per heavy atom. The van der Waals surface area contributed by atoms with Crippen LogP contribution in [0.5, 0.6) is 11.6 Å². The van der Waals surface area contributed by atoms with E-state index in [0.717, 1.165) is 47.9 Å². The highest BCUT2D eigenvalue weighted by molar-refractivity contribution is 5.87. The Bertz CT molecular complexity index is 1290. The van der Waals surface area contributed by atoms with Crippen LogP contribution in [0.25, 0.3) is 10.9 Å². The number of fused-ring (bicyclic) bond motifs is 1. The molecular weight excluding hydrogens is 432 g/mol. The lowest BCUT2D eigenvalue weighted by Crippen LogP contribution is -2.25. The summed E-state index contributed by atoms with van der Waals surface area (Å²) in [6.45, 7) is 0.361. The molecule has 0 radical (unpaired) electrons. The van der Waals surface area contributed by atoms with Crippen LogP contribution in [-0.4, -0.2) is 44.3 Å². The quantitative estimate of drug-likeness (QED) is 0.429. The third-order valence-electron chi connectivity index (χ3n) is 6.43. The first-order valence-corrected chi connectivity index (χ1v) is 11.4. The van der Waals surface area contributed by atoms with E-state index < -0.39 is 5.97 Å². The number of hydrogen-bond acceptors (Lipinski definition) is 6. The van der Waals surface area contributed by atoms with Gasteiger partial charge in [0.25, 0.3) is 0 Å². The van der Waals surface area contributed by atoms with Crippen LogP contribution in [0.2, 0.25) is 0 Å². The molecule has 1 N–H and O–H groups in total. The van der Waals surface area contributed by atoms with E-state index in [0.29, 0.717) is 12.5 Å². The predicted octanol–water partition coefficient (Wildman–Crippen LogP) is 4.69. The monoisotopic (exact) mass is 458 g/mol. The summed E-state index contributed by atoms with van der Waals surface area (Å²) in [5, 5.41) is 18.7. The Morgan fingerprint density at radius 1 is 1.09 bits per heavy atom. The van der Waals surface area contributed by atoms with Gasteiger partial charge in [0.15, 0.2) is 0 Å². The van der Waals surface area contributed by atoms with Crippen molar-refractivity contribution in [3.63, 3.8) is 0 Å². The topological polar surface area (TPSA) is 99.4 Å². The number of ether oxygens (including phenoxy) is 2. The van der Waals surface area contributed by atoms with Gasteiger partial charge < -0.3 is 14.6 Å². The van der Waals surface area contributed by atoms with Gasteiger partial charge in [0.05, 0.1) is 19.2 Å². The van der Waals surface area contributed by atoms with E-state index in [2.05, 4.69) is 39.6 Å². The number of carbonyl (C=O) groups is 1. The van der Waals surface area contributed by atoms with E-state index in [1.165, 1.54) is 10.2 Å². The third-order valence-corrected chi connectivity index (χ3v) is 6.43. The van der Waals surface area contributed by atoms with Crippen LogP contribution in [0.1, 0.15) is 53.2 Å². The summed E-state index contributed by atoms with van der Waals surface area (Å²) in [4.78, 5) is 16.1. The Labute approximate surface area is 197 Å². The van der Waals surface area contributed by atoms with E-state index in [1.54, 1.807) is 7.11 Å². The first-order valence-electron chi connectivity index (χ1n) is 11.4. The first kappa shape index (κ1) is 21.9. The number of benzene rings is 2. The lowest BCUT2D eigenvalue weighted by Gasteiger charge is -2.29. The predicted molar refractivity (Wildman–Crippen MR) is 126 cm³/mol. The zero-order valence-electron chi connectivity index (χ0n) is 18.9. The zero-order chi connectivity index (χ0) is 23.5. The largest absolute Gasteiger partial charge is 0.497 e. The molecule has 1 aliphatic rings. The van der Waals surface area contributed by atoms with Crippen molar-refractivity contribution in [2.24, 2.45) is 0 Å². The lowest BCUT2D eigenvalue weighted by atomic mass is 9.82. The second-order valence-electron chi connectivity index (χ2n) is 8.60. The molecule has 8 heteroatoms. The van der Waals surface area contributed by atoms with Gasteiger partial charge in [-0.2, -0.15) is 0 Å². The third kappa shape index (κ3) is 4.57. The summed E-state index contributed by atoms with van der Waals surface area (Å²) in [5.74, 6) is 0.271. The molecule has 0 aliphatic heterocycles. The van der Waals surface area contributed by atoms with Crippen LogP contribution in [0, 0.1) is 0 Å². The van der Waals surface area contributed by atoms with Crippen molar-refractivity contribution in [1.29, 1.82) is 0 Å². The van der Waals surface area contributed by atoms with Crippen LogP contribution >= 0.6 is 0 Å². The van der Waals surface area contributed by atoms with Gasteiger partial charge in [-0.1, -0.05) is 29.5 Å². The van der Waals surface area contributed by atoms with Crippen molar-refractivity contribution in [3.05, 3.63) is 77.6 Å². The maximum absolute atomic E-state index is 11.7. The van der Waals surface area contributed by atoms with Gasteiger partial charge in [0.1, 0.15) is 11.9 Å². The highest BCUT2D eigenvalue weighted by atomic mass is 16.5. The van der Waals surface area contributed by atoms with Gasteiger partial charge in [-0.05, 0) is 73.1 Å². The van der Waals surface area contributed by atoms with Gasteiger partial charge in [0.2, 0.25) is 11.6 Å². The van der Waals surface area contributed by atoms with E-state index in [-0.39, 0.29) is 17.7 Å². The fourth-order valence-corrected chi connectivity index (χ4v) is 4.58. The zero-order valence-corrected chi connectivity index (χ0v) is 18.9. The molecule has 0 spiro atoms. The Balaban J connectivity index is 1.28. The number of nitrogens with zero attached hydrogens (tertiary/aromatic N) is 4. The maximum Gasteiger partial charge on any atom is 0.362 e. The van der Waals surface area contributed by atoms with Crippen LogP contribution in [0.4, 0.5) is 0 Å². The minimum absolute atomic E-state index is 0.0791. The van der Waals surface area contributed by atoms with Gasteiger partial charge >= 0.3 is 5.97 Å². The minimum atomic E-state index is -1.14. The Kier molecular flexibility index (Phi) is 6.12. The minimum Gasteiger partial charge on any atom is -0.497 e. The van der Waals surface area contributed by atoms with E-state index in [1.807, 2.05) is 36.5 Å². The van der Waals surface area contributed by atoms with Gasteiger partial charge in [-0.25, -0.2) is 9.48 Å². The lowest BCUT2D eigenvalue weighted by molar-refractivity contribution is 0.0676. The second-order valence-corrected chi connectivity index (χ2v) is 8.60. The number of aromatic carboxylic acids is 1. The fourth-order valence-electron chi connectivity index (χ4n) is 4.58. The average molecular weight is 459 g/mol. The molecule has 0 unspecified atom stereocenters. The Hall–Kier alpha value is -3.94. The van der Waals surface area contributed by atoms with Crippen LogP contribution in [-0.2, 0) is 6.54 Å². The molecule has 2 heterocycles. The molecule has 4 aromatic rings. The summed E-state index contributed by atoms with van der Waals surface area (Å²) in [6.07, 6.45) is 5.34. The number of methoxy groups -OCH3 is 1. The van der Waals surface area contributed by atoms with Crippen molar-refractivity contribution in [2.45, 2.75) is 44.2 Å². The normalized spacial score (nSPS) is 18.0. The Morgan fingerprint density at radius 3 is 2.62 bits per heavy atom. The molecule has 0 saturated heterocycles. The molecule has 0 amide bonds. The van der Waals surface area contributed by atoms with Gasteiger partial charge in [-0.15, -0.1) is 5.10 Å². The molecule has 1 fully saturated rings. The van der Waals surface area contributed by atoms with E-state index in [4.69, 9.17) is 9.47 Å². The highest BCUT2D eigenvalue weighted by Gasteiger charge is 2.28. The number of carboxylic acids is 1. The standard InChI is InChI=1S/C26H26N4O4/c1-33-21-9-4-17(5-10-21)16-30-25(24(26(31)32)28-29-30)34-22-11-6-18(7-12-22)19-8-13-23-20(15-19)3-2-14-27-23/h2-5,8-10,13-15,18,22H,6-7,11-12,16H2,1H3,(H,31,32). The van der Waals surface area contributed by atoms with Crippen molar-refractivity contribution in [3.8, 4) is 11.6 Å². The molecule has 0 atom stereocenters. The molecule has 2 aromatic heterocycles. The molecular formula is C26H26N4O4. The van der Waals surface area contributed by atoms with Crippen molar-refractivity contribution >= 4 is 16.9 Å². The number of hydrogen-bond donors (Lipinski definition) is 1. The van der Waals surface area contributed by atoms with Crippen LogP contribution in [0.3, 0.4) is 0 Å². The van der Waals surface area contributed by atoms with E-state index >= 15 is 0 Å². The fraction of sp³-hybridized carbons (Fsp3) is 0.308. The number of pyridine rings is 1. The maximum atomic E-state index is 11.7. The summed E-state index contributed by atoms with van der Waals surface area (Å²) >= 11 is 0. The molecule has 2 aromatic carbocycles. The van der Waals surface area contributed by atoms with Gasteiger partial charge in [-0.3, -0.25) is 4.98 Å². The number of aromatic nitrogens is 4.